The molecule has 1 aliphatic heterocycles. The van der Waals surface area contributed by atoms with Crippen molar-refractivity contribution in [2.45, 2.75) is 6.92 Å². The number of nitrogens with zero attached hydrogens (tertiary/aromatic N) is 1. The number of hydrogen-bond donors (Lipinski definition) is 2. The van der Waals surface area contributed by atoms with E-state index in [2.05, 4.69) is 15.6 Å². The van der Waals surface area contributed by atoms with Gasteiger partial charge in [0.05, 0.1) is 11.4 Å². The summed E-state index contributed by atoms with van der Waals surface area (Å²) in [5.41, 5.74) is 2.62. The van der Waals surface area contributed by atoms with Crippen LogP contribution in [-0.2, 0) is 4.79 Å². The van der Waals surface area contributed by atoms with Gasteiger partial charge in [-0.15, -0.1) is 11.3 Å². The molecule has 2 heterocycles. The maximum absolute atomic E-state index is 12.6. The molecule has 0 bridgehead atoms. The predicted molar refractivity (Wildman–Crippen MR) is 106 cm³/mol. The Morgan fingerprint density at radius 1 is 1.26 bits per heavy atom. The number of anilines is 2. The molecular weight excluding hydrogens is 386 g/mol. The van der Waals surface area contributed by atoms with Gasteiger partial charge in [-0.2, -0.15) is 0 Å². The Morgan fingerprint density at radius 2 is 2.04 bits per heavy atom. The minimum Gasteiger partial charge on any atom is -0.482 e. The summed E-state index contributed by atoms with van der Waals surface area (Å²) in [6.07, 6.45) is 0. The quantitative estimate of drug-likeness (QED) is 0.685. The zero-order chi connectivity index (χ0) is 19.0. The van der Waals surface area contributed by atoms with E-state index < -0.39 is 0 Å². The molecule has 0 spiro atoms. The summed E-state index contributed by atoms with van der Waals surface area (Å²) < 4.78 is 5.30. The van der Waals surface area contributed by atoms with Crippen molar-refractivity contribution in [1.82, 2.24) is 4.98 Å². The molecule has 0 fully saturated rings. The van der Waals surface area contributed by atoms with Crippen molar-refractivity contribution < 1.29 is 14.3 Å². The van der Waals surface area contributed by atoms with Gasteiger partial charge in [0.15, 0.2) is 11.7 Å². The largest absolute Gasteiger partial charge is 0.482 e. The van der Waals surface area contributed by atoms with Crippen LogP contribution in [0, 0.1) is 6.92 Å². The van der Waals surface area contributed by atoms with E-state index in [-0.39, 0.29) is 18.4 Å². The van der Waals surface area contributed by atoms with Gasteiger partial charge in [0.2, 0.25) is 0 Å². The third kappa shape index (κ3) is 3.65. The molecule has 0 radical (unpaired) electrons. The first kappa shape index (κ1) is 17.5. The number of aryl methyl sites for hydroxylation is 1. The number of rotatable bonds is 3. The molecule has 0 saturated carbocycles. The van der Waals surface area contributed by atoms with E-state index in [9.17, 15) is 9.59 Å². The SMILES string of the molecule is Cc1sc(NC(=O)c2ccc3c(c2)NC(=O)CO3)nc1-c1ccc(Cl)cc1. The molecule has 2 amide bonds. The number of amides is 2. The first-order chi connectivity index (χ1) is 13.0. The Balaban J connectivity index is 1.55. The number of ether oxygens (including phenoxy) is 1. The summed E-state index contributed by atoms with van der Waals surface area (Å²) in [5, 5.41) is 6.65. The average molecular weight is 400 g/mol. The topological polar surface area (TPSA) is 80.3 Å². The van der Waals surface area contributed by atoms with Crippen LogP contribution in [0.1, 0.15) is 15.2 Å². The molecule has 27 heavy (non-hydrogen) atoms. The highest BCUT2D eigenvalue weighted by Crippen LogP contribution is 2.32. The van der Waals surface area contributed by atoms with Crippen molar-refractivity contribution in [2.24, 2.45) is 0 Å². The Bertz CT molecular complexity index is 1050. The highest BCUT2D eigenvalue weighted by molar-refractivity contribution is 7.16. The molecule has 2 N–H and O–H groups in total. The van der Waals surface area contributed by atoms with Crippen molar-refractivity contribution >= 4 is 45.6 Å². The van der Waals surface area contributed by atoms with Crippen LogP contribution >= 0.6 is 22.9 Å². The van der Waals surface area contributed by atoms with E-state index in [1.807, 2.05) is 19.1 Å². The van der Waals surface area contributed by atoms with Gasteiger partial charge >= 0.3 is 0 Å². The normalized spacial score (nSPS) is 12.7. The third-order valence-electron chi connectivity index (χ3n) is 4.01. The van der Waals surface area contributed by atoms with Gasteiger partial charge in [-0.05, 0) is 37.3 Å². The van der Waals surface area contributed by atoms with E-state index in [0.29, 0.717) is 27.2 Å². The Kier molecular flexibility index (Phi) is 4.55. The number of benzene rings is 2. The maximum atomic E-state index is 12.6. The molecule has 0 unspecified atom stereocenters. The van der Waals surface area contributed by atoms with E-state index in [4.69, 9.17) is 16.3 Å². The van der Waals surface area contributed by atoms with Gasteiger partial charge in [-0.25, -0.2) is 4.98 Å². The number of hydrogen-bond acceptors (Lipinski definition) is 5. The van der Waals surface area contributed by atoms with Crippen LogP contribution in [0.3, 0.4) is 0 Å². The molecule has 8 heteroatoms. The van der Waals surface area contributed by atoms with Gasteiger partial charge in [-0.1, -0.05) is 23.7 Å². The molecule has 2 aromatic carbocycles. The standard InChI is InChI=1S/C19H14ClN3O3S/c1-10-17(11-2-5-13(20)6-3-11)22-19(27-10)23-18(25)12-4-7-15-14(8-12)21-16(24)9-26-15/h2-8H,9H2,1H3,(H,21,24)(H,22,23,25). The zero-order valence-electron chi connectivity index (χ0n) is 14.2. The van der Waals surface area contributed by atoms with Crippen LogP contribution in [-0.4, -0.2) is 23.4 Å². The summed E-state index contributed by atoms with van der Waals surface area (Å²) in [7, 11) is 0. The first-order valence-electron chi connectivity index (χ1n) is 8.11. The van der Waals surface area contributed by atoms with Crippen LogP contribution in [0.4, 0.5) is 10.8 Å². The van der Waals surface area contributed by atoms with Crippen LogP contribution in [0.2, 0.25) is 5.02 Å². The fraction of sp³-hybridized carbons (Fsp3) is 0.105. The number of carbonyl (C=O) groups is 2. The lowest BCUT2D eigenvalue weighted by molar-refractivity contribution is -0.118. The fourth-order valence-electron chi connectivity index (χ4n) is 2.72. The summed E-state index contributed by atoms with van der Waals surface area (Å²) in [5.74, 6) is -0.0153. The van der Waals surface area contributed by atoms with Gasteiger partial charge in [0, 0.05) is 21.0 Å². The molecule has 4 rings (SSSR count). The molecule has 6 nitrogen and oxygen atoms in total. The lowest BCUT2D eigenvalue weighted by Gasteiger charge is -2.18. The van der Waals surface area contributed by atoms with Crippen molar-refractivity contribution in [3.63, 3.8) is 0 Å². The van der Waals surface area contributed by atoms with Crippen molar-refractivity contribution in [1.29, 1.82) is 0 Å². The third-order valence-corrected chi connectivity index (χ3v) is 5.15. The second-order valence-electron chi connectivity index (χ2n) is 5.93. The Morgan fingerprint density at radius 3 is 2.81 bits per heavy atom. The molecule has 136 valence electrons. The van der Waals surface area contributed by atoms with Gasteiger partial charge in [0.25, 0.3) is 11.8 Å². The monoisotopic (exact) mass is 399 g/mol. The molecule has 1 aromatic heterocycles. The number of thiazole rings is 1. The summed E-state index contributed by atoms with van der Waals surface area (Å²) in [4.78, 5) is 29.5. The summed E-state index contributed by atoms with van der Waals surface area (Å²) in [6, 6.07) is 12.3. The molecule has 0 saturated heterocycles. The Hall–Kier alpha value is -2.90. The van der Waals surface area contributed by atoms with Crippen LogP contribution in [0.5, 0.6) is 5.75 Å². The summed E-state index contributed by atoms with van der Waals surface area (Å²) >= 11 is 7.33. The smallest absolute Gasteiger partial charge is 0.262 e. The average Bonchev–Trinajstić information content (AvgIpc) is 3.01. The molecule has 0 aliphatic carbocycles. The lowest BCUT2D eigenvalue weighted by Crippen LogP contribution is -2.25. The summed E-state index contributed by atoms with van der Waals surface area (Å²) in [6.45, 7) is 1.92. The number of carbonyl (C=O) groups excluding carboxylic acids is 2. The van der Waals surface area contributed by atoms with Crippen LogP contribution in [0.25, 0.3) is 11.3 Å². The first-order valence-corrected chi connectivity index (χ1v) is 9.30. The number of fused-ring (bicyclic) bond motifs is 1. The van der Waals surface area contributed by atoms with Gasteiger partial charge in [0.1, 0.15) is 5.75 Å². The predicted octanol–water partition coefficient (Wildman–Crippen LogP) is 4.36. The van der Waals surface area contributed by atoms with E-state index in [1.54, 1.807) is 30.3 Å². The van der Waals surface area contributed by atoms with Gasteiger partial charge < -0.3 is 10.1 Å². The maximum Gasteiger partial charge on any atom is 0.262 e. The Labute approximate surface area is 164 Å². The van der Waals surface area contributed by atoms with Gasteiger partial charge in [-0.3, -0.25) is 14.9 Å². The van der Waals surface area contributed by atoms with Crippen LogP contribution < -0.4 is 15.4 Å². The second kappa shape index (κ2) is 7.02. The minimum absolute atomic E-state index is 0.0234. The molecule has 1 aliphatic rings. The van der Waals surface area contributed by atoms with Crippen molar-refractivity contribution in [3.05, 3.63) is 57.9 Å². The molecule has 0 atom stereocenters. The lowest BCUT2D eigenvalue weighted by atomic mass is 10.1. The molecular formula is C19H14ClN3O3S. The fourth-order valence-corrected chi connectivity index (χ4v) is 3.68. The highest BCUT2D eigenvalue weighted by atomic mass is 35.5. The number of nitrogens with one attached hydrogen (secondary N) is 2. The van der Waals surface area contributed by atoms with Crippen LogP contribution in [0.15, 0.2) is 42.5 Å². The van der Waals surface area contributed by atoms with Crippen molar-refractivity contribution in [2.75, 3.05) is 17.2 Å². The van der Waals surface area contributed by atoms with Crippen molar-refractivity contribution in [3.8, 4) is 17.0 Å². The van der Waals surface area contributed by atoms with E-state index >= 15 is 0 Å². The zero-order valence-corrected chi connectivity index (χ0v) is 15.8. The molecule has 3 aromatic rings. The van der Waals surface area contributed by atoms with E-state index in [0.717, 1.165) is 16.1 Å². The number of aromatic nitrogens is 1. The number of halogens is 1. The van der Waals surface area contributed by atoms with E-state index in [1.165, 1.54) is 11.3 Å². The second-order valence-corrected chi connectivity index (χ2v) is 7.57. The minimum atomic E-state index is -0.311. The highest BCUT2D eigenvalue weighted by Gasteiger charge is 2.19.